The van der Waals surface area contributed by atoms with Crippen molar-refractivity contribution < 1.29 is 23.7 Å². The van der Waals surface area contributed by atoms with Crippen LogP contribution in [0.25, 0.3) is 10.2 Å². The van der Waals surface area contributed by atoms with Crippen LogP contribution >= 0.6 is 23.7 Å². The van der Waals surface area contributed by atoms with E-state index in [1.54, 1.807) is 17.0 Å². The second-order valence-electron chi connectivity index (χ2n) is 7.21. The van der Waals surface area contributed by atoms with Gasteiger partial charge >= 0.3 is 0 Å². The molecule has 0 fully saturated rings. The molecule has 0 spiro atoms. The lowest BCUT2D eigenvalue weighted by Gasteiger charge is -2.23. The molecule has 3 aromatic rings. The monoisotopic (exact) mass is 495 g/mol. The molecule has 0 aliphatic heterocycles. The Bertz CT molecular complexity index is 1060. The van der Waals surface area contributed by atoms with Crippen LogP contribution in [0, 0.1) is 0 Å². The maximum absolute atomic E-state index is 13.7. The van der Waals surface area contributed by atoms with Gasteiger partial charge in [-0.1, -0.05) is 17.4 Å². The highest BCUT2D eigenvalue weighted by atomic mass is 35.5. The number of carbonyl (C=O) groups is 1. The standard InChI is InChI=1S/C23H29N3O5S.ClH/c1-7-31-16-9-8-10-19-20(16)24-23(32-19)26(12-11-25(2)3)22(27)15-13-17(28-4)21(30-6)18(14-15)29-5;/h8-10,13-14H,7,11-12H2,1-6H3;1H. The van der Waals surface area contributed by atoms with E-state index >= 15 is 0 Å². The molecule has 33 heavy (non-hydrogen) atoms. The van der Waals surface area contributed by atoms with Crippen LogP contribution in [-0.2, 0) is 0 Å². The Labute approximate surface area is 204 Å². The summed E-state index contributed by atoms with van der Waals surface area (Å²) in [4.78, 5) is 22.1. The fourth-order valence-electron chi connectivity index (χ4n) is 3.24. The first-order valence-electron chi connectivity index (χ1n) is 10.2. The Morgan fingerprint density at radius 1 is 1.00 bits per heavy atom. The minimum absolute atomic E-state index is 0. The van der Waals surface area contributed by atoms with Crippen molar-refractivity contribution in [3.63, 3.8) is 0 Å². The van der Waals surface area contributed by atoms with Crippen molar-refractivity contribution in [3.8, 4) is 23.0 Å². The number of anilines is 1. The predicted molar refractivity (Wildman–Crippen MR) is 134 cm³/mol. The van der Waals surface area contributed by atoms with Gasteiger partial charge in [0.2, 0.25) is 5.75 Å². The summed E-state index contributed by atoms with van der Waals surface area (Å²) in [6.45, 7) is 3.61. The molecule has 0 saturated heterocycles. The van der Waals surface area contributed by atoms with Crippen LogP contribution in [0.4, 0.5) is 5.13 Å². The van der Waals surface area contributed by atoms with Crippen molar-refractivity contribution in [2.75, 3.05) is 60.0 Å². The lowest BCUT2D eigenvalue weighted by molar-refractivity contribution is 0.0984. The van der Waals surface area contributed by atoms with Crippen LogP contribution in [0.1, 0.15) is 17.3 Å². The number of para-hydroxylation sites is 1. The summed E-state index contributed by atoms with van der Waals surface area (Å²) in [6.07, 6.45) is 0. The molecule has 0 aliphatic rings. The Balaban J connectivity index is 0.00000385. The minimum atomic E-state index is -0.205. The highest BCUT2D eigenvalue weighted by molar-refractivity contribution is 7.22. The molecule has 1 heterocycles. The third kappa shape index (κ3) is 5.79. The number of fused-ring (bicyclic) bond motifs is 1. The van der Waals surface area contributed by atoms with Gasteiger partial charge in [0.15, 0.2) is 16.6 Å². The number of benzene rings is 2. The maximum Gasteiger partial charge on any atom is 0.260 e. The van der Waals surface area contributed by atoms with Crippen molar-refractivity contribution in [1.29, 1.82) is 0 Å². The quantitative estimate of drug-likeness (QED) is 0.414. The number of aromatic nitrogens is 1. The SMILES string of the molecule is CCOc1cccc2sc(N(CCN(C)C)C(=O)c3cc(OC)c(OC)c(OC)c3)nc12.Cl. The Hall–Kier alpha value is -2.75. The first-order chi connectivity index (χ1) is 15.4. The summed E-state index contributed by atoms with van der Waals surface area (Å²) in [5.74, 6) is 1.78. The highest BCUT2D eigenvalue weighted by Crippen LogP contribution is 2.39. The van der Waals surface area contributed by atoms with Gasteiger partial charge in [0.05, 0.1) is 32.6 Å². The average Bonchev–Trinajstić information content (AvgIpc) is 3.22. The summed E-state index contributed by atoms with van der Waals surface area (Å²) in [5.41, 5.74) is 1.17. The van der Waals surface area contributed by atoms with E-state index in [4.69, 9.17) is 23.9 Å². The van der Waals surface area contributed by atoms with E-state index in [2.05, 4.69) is 0 Å². The van der Waals surface area contributed by atoms with Crippen molar-refractivity contribution in [1.82, 2.24) is 9.88 Å². The smallest absolute Gasteiger partial charge is 0.260 e. The normalized spacial score (nSPS) is 10.6. The molecule has 1 amide bonds. The van der Waals surface area contributed by atoms with Crippen molar-refractivity contribution in [3.05, 3.63) is 35.9 Å². The molecule has 0 unspecified atom stereocenters. The van der Waals surface area contributed by atoms with Gasteiger partial charge in [-0.15, -0.1) is 12.4 Å². The predicted octanol–water partition coefficient (Wildman–Crippen LogP) is 4.35. The molecule has 3 rings (SSSR count). The van der Waals surface area contributed by atoms with Gasteiger partial charge in [0.1, 0.15) is 11.3 Å². The molecule has 8 nitrogen and oxygen atoms in total. The van der Waals surface area contributed by atoms with Gasteiger partial charge in [-0.3, -0.25) is 9.69 Å². The number of rotatable bonds is 10. The summed E-state index contributed by atoms with van der Waals surface area (Å²) >= 11 is 1.46. The molecule has 0 N–H and O–H groups in total. The highest BCUT2D eigenvalue weighted by Gasteiger charge is 2.25. The molecule has 0 aliphatic carbocycles. The van der Waals surface area contributed by atoms with Gasteiger partial charge in [-0.2, -0.15) is 0 Å². The Morgan fingerprint density at radius 2 is 1.67 bits per heavy atom. The third-order valence-electron chi connectivity index (χ3n) is 4.83. The van der Waals surface area contributed by atoms with Crippen LogP contribution < -0.4 is 23.8 Å². The molecule has 1 aromatic heterocycles. The molecule has 0 bridgehead atoms. The summed E-state index contributed by atoms with van der Waals surface area (Å²) in [5, 5.41) is 0.604. The first-order valence-corrected chi connectivity index (χ1v) is 11.0. The number of halogens is 1. The van der Waals surface area contributed by atoms with Gasteiger partial charge < -0.3 is 23.8 Å². The maximum atomic E-state index is 13.7. The van der Waals surface area contributed by atoms with Gasteiger partial charge in [0.25, 0.3) is 5.91 Å². The molecular weight excluding hydrogens is 466 g/mol. The van der Waals surface area contributed by atoms with E-state index in [9.17, 15) is 4.79 Å². The molecule has 180 valence electrons. The number of hydrogen-bond acceptors (Lipinski definition) is 8. The Morgan fingerprint density at radius 3 is 2.21 bits per heavy atom. The number of thiazole rings is 1. The third-order valence-corrected chi connectivity index (χ3v) is 5.87. The number of carbonyl (C=O) groups excluding carboxylic acids is 1. The number of likely N-dealkylation sites (N-methyl/N-ethyl adjacent to an activating group) is 1. The number of ether oxygens (including phenoxy) is 4. The van der Waals surface area contributed by atoms with Gasteiger partial charge in [0, 0.05) is 18.7 Å². The van der Waals surface area contributed by atoms with Gasteiger partial charge in [-0.25, -0.2) is 4.98 Å². The summed E-state index contributed by atoms with van der Waals surface area (Å²) in [7, 11) is 8.51. The van der Waals surface area contributed by atoms with E-state index in [1.807, 2.05) is 44.1 Å². The molecule has 0 radical (unpaired) electrons. The van der Waals surface area contributed by atoms with Crippen LogP contribution in [0.2, 0.25) is 0 Å². The molecule has 10 heteroatoms. The average molecular weight is 496 g/mol. The molecule has 0 saturated carbocycles. The van der Waals surface area contributed by atoms with E-state index in [1.165, 1.54) is 32.7 Å². The zero-order valence-electron chi connectivity index (χ0n) is 19.7. The van der Waals surface area contributed by atoms with E-state index < -0.39 is 0 Å². The largest absolute Gasteiger partial charge is 0.493 e. The van der Waals surface area contributed by atoms with E-state index in [0.717, 1.165) is 10.2 Å². The zero-order chi connectivity index (χ0) is 23.3. The van der Waals surface area contributed by atoms with Crippen molar-refractivity contribution in [2.45, 2.75) is 6.92 Å². The summed E-state index contributed by atoms with van der Waals surface area (Å²) in [6, 6.07) is 9.12. The van der Waals surface area contributed by atoms with Crippen molar-refractivity contribution in [2.24, 2.45) is 0 Å². The van der Waals surface area contributed by atoms with Crippen LogP contribution in [0.3, 0.4) is 0 Å². The van der Waals surface area contributed by atoms with Crippen LogP contribution in [0.5, 0.6) is 23.0 Å². The van der Waals surface area contributed by atoms with Crippen LogP contribution in [0.15, 0.2) is 30.3 Å². The lowest BCUT2D eigenvalue weighted by Crippen LogP contribution is -2.36. The number of nitrogens with zero attached hydrogens (tertiary/aromatic N) is 3. The second kappa shape index (κ2) is 11.9. The van der Waals surface area contributed by atoms with Crippen molar-refractivity contribution >= 4 is 45.0 Å². The number of methoxy groups -OCH3 is 3. The summed E-state index contributed by atoms with van der Waals surface area (Å²) < 4.78 is 22.9. The molecule has 0 atom stereocenters. The van der Waals surface area contributed by atoms with E-state index in [0.29, 0.717) is 53.4 Å². The van der Waals surface area contributed by atoms with Gasteiger partial charge in [-0.05, 0) is 45.3 Å². The number of amides is 1. The fourth-order valence-corrected chi connectivity index (χ4v) is 4.25. The minimum Gasteiger partial charge on any atom is -0.493 e. The molecular formula is C23H30ClN3O5S. The first kappa shape index (κ1) is 26.5. The number of hydrogen-bond donors (Lipinski definition) is 0. The fraction of sp³-hybridized carbons (Fsp3) is 0.391. The zero-order valence-corrected chi connectivity index (χ0v) is 21.3. The second-order valence-corrected chi connectivity index (χ2v) is 8.22. The Kier molecular flexibility index (Phi) is 9.57. The van der Waals surface area contributed by atoms with E-state index in [-0.39, 0.29) is 18.3 Å². The van der Waals surface area contributed by atoms with Crippen LogP contribution in [-0.4, -0.2) is 70.9 Å². The molecule has 2 aromatic carbocycles. The topological polar surface area (TPSA) is 73.4 Å². The lowest BCUT2D eigenvalue weighted by atomic mass is 10.1.